The fourth-order valence-corrected chi connectivity index (χ4v) is 3.34. The number of rotatable bonds is 7. The number of allylic oxidation sites excluding steroid dienone is 6. The molecule has 0 bridgehead atoms. The number of unbranched alkanes of at least 4 members (excludes halogenated alkanes) is 1. The van der Waals surface area contributed by atoms with Crippen LogP contribution in [-0.4, -0.2) is 0 Å². The zero-order valence-electron chi connectivity index (χ0n) is 17.1. The zero-order chi connectivity index (χ0) is 19.3. The van der Waals surface area contributed by atoms with Gasteiger partial charge in [-0.25, -0.2) is 4.39 Å². The molecule has 0 fully saturated rings. The van der Waals surface area contributed by atoms with Gasteiger partial charge >= 0.3 is 0 Å². The quantitative estimate of drug-likeness (QED) is 0.442. The topological polar surface area (TPSA) is 0 Å². The minimum Gasteiger partial charge on any atom is -0.206 e. The summed E-state index contributed by atoms with van der Waals surface area (Å²) in [4.78, 5) is 0. The van der Waals surface area contributed by atoms with Gasteiger partial charge in [0.15, 0.2) is 0 Å². The first kappa shape index (κ1) is 21.2. The number of hydrogen-bond donors (Lipinski definition) is 0. The molecule has 0 saturated heterocycles. The van der Waals surface area contributed by atoms with Gasteiger partial charge in [0.2, 0.25) is 0 Å². The third-order valence-corrected chi connectivity index (χ3v) is 4.86. The molecule has 25 heavy (non-hydrogen) atoms. The predicted octanol–water partition coefficient (Wildman–Crippen LogP) is 7.95. The SMILES string of the molecule is C=C(C)/C(C(=C)CCCC)=C(C)/C(F)=C(\C)c1cc(C)cc(C)c1C. The molecule has 0 radical (unpaired) electrons. The van der Waals surface area contributed by atoms with Crippen molar-refractivity contribution in [1.29, 1.82) is 0 Å². The molecule has 0 atom stereocenters. The van der Waals surface area contributed by atoms with Crippen LogP contribution in [0.5, 0.6) is 0 Å². The average Bonchev–Trinajstić information content (AvgIpc) is 2.54. The lowest BCUT2D eigenvalue weighted by Crippen LogP contribution is -1.99. The minimum atomic E-state index is -0.163. The lowest BCUT2D eigenvalue weighted by atomic mass is 9.89. The lowest BCUT2D eigenvalue weighted by molar-refractivity contribution is 0.651. The van der Waals surface area contributed by atoms with Crippen LogP contribution in [0.3, 0.4) is 0 Å². The predicted molar refractivity (Wildman–Crippen MR) is 111 cm³/mol. The highest BCUT2D eigenvalue weighted by Crippen LogP contribution is 2.34. The van der Waals surface area contributed by atoms with E-state index >= 15 is 4.39 Å². The van der Waals surface area contributed by atoms with Crippen LogP contribution in [0.1, 0.15) is 69.2 Å². The molecule has 0 unspecified atom stereocenters. The molecule has 0 aliphatic rings. The molecule has 136 valence electrons. The Kier molecular flexibility index (Phi) is 7.60. The number of aryl methyl sites for hydroxylation is 2. The van der Waals surface area contributed by atoms with E-state index in [2.05, 4.69) is 53.0 Å². The zero-order valence-corrected chi connectivity index (χ0v) is 17.1. The van der Waals surface area contributed by atoms with E-state index in [1.165, 1.54) is 5.56 Å². The Morgan fingerprint density at radius 1 is 1.04 bits per heavy atom. The van der Waals surface area contributed by atoms with Gasteiger partial charge in [-0.1, -0.05) is 49.8 Å². The Hall–Kier alpha value is -1.89. The number of hydrogen-bond acceptors (Lipinski definition) is 0. The fourth-order valence-electron chi connectivity index (χ4n) is 3.34. The van der Waals surface area contributed by atoms with Gasteiger partial charge in [0.25, 0.3) is 0 Å². The molecule has 0 aliphatic carbocycles. The summed E-state index contributed by atoms with van der Waals surface area (Å²) >= 11 is 0. The molecular weight excluding hydrogens is 307 g/mol. The molecule has 0 aromatic heterocycles. The second kappa shape index (κ2) is 8.99. The maximum Gasteiger partial charge on any atom is 0.130 e. The second-order valence-corrected chi connectivity index (χ2v) is 7.18. The molecule has 0 saturated carbocycles. The molecule has 1 aromatic carbocycles. The molecule has 0 amide bonds. The van der Waals surface area contributed by atoms with Crippen LogP contribution in [-0.2, 0) is 0 Å². The van der Waals surface area contributed by atoms with E-state index < -0.39 is 0 Å². The largest absolute Gasteiger partial charge is 0.206 e. The van der Waals surface area contributed by atoms with E-state index in [-0.39, 0.29) is 5.83 Å². The maximum atomic E-state index is 15.4. The van der Waals surface area contributed by atoms with E-state index in [9.17, 15) is 0 Å². The molecule has 1 aromatic rings. The van der Waals surface area contributed by atoms with Crippen molar-refractivity contribution in [2.75, 3.05) is 0 Å². The van der Waals surface area contributed by atoms with Crippen LogP contribution in [0, 0.1) is 20.8 Å². The molecule has 0 N–H and O–H groups in total. The van der Waals surface area contributed by atoms with Crippen molar-refractivity contribution in [3.63, 3.8) is 0 Å². The van der Waals surface area contributed by atoms with Crippen LogP contribution >= 0.6 is 0 Å². The fraction of sp³-hybridized carbons (Fsp3) is 0.417. The van der Waals surface area contributed by atoms with Crippen LogP contribution < -0.4 is 0 Å². The van der Waals surface area contributed by atoms with Crippen molar-refractivity contribution in [3.8, 4) is 0 Å². The summed E-state index contributed by atoms with van der Waals surface area (Å²) in [5, 5.41) is 0. The average molecular weight is 341 g/mol. The second-order valence-electron chi connectivity index (χ2n) is 7.18. The van der Waals surface area contributed by atoms with Crippen molar-refractivity contribution < 1.29 is 4.39 Å². The third-order valence-electron chi connectivity index (χ3n) is 4.86. The maximum absolute atomic E-state index is 15.4. The Morgan fingerprint density at radius 2 is 1.64 bits per heavy atom. The molecule has 0 aliphatic heterocycles. The van der Waals surface area contributed by atoms with Gasteiger partial charge in [-0.3, -0.25) is 0 Å². The molecule has 1 rings (SSSR count). The Labute approximate surface area is 153 Å². The van der Waals surface area contributed by atoms with Crippen molar-refractivity contribution in [3.05, 3.63) is 75.7 Å². The van der Waals surface area contributed by atoms with E-state index in [0.29, 0.717) is 11.1 Å². The van der Waals surface area contributed by atoms with Crippen molar-refractivity contribution in [2.24, 2.45) is 0 Å². The van der Waals surface area contributed by atoms with E-state index in [1.54, 1.807) is 0 Å². The van der Waals surface area contributed by atoms with Gasteiger partial charge < -0.3 is 0 Å². The molecule has 0 heterocycles. The first-order valence-corrected chi connectivity index (χ1v) is 9.11. The van der Waals surface area contributed by atoms with Crippen LogP contribution in [0.2, 0.25) is 0 Å². The highest BCUT2D eigenvalue weighted by molar-refractivity contribution is 5.73. The van der Waals surface area contributed by atoms with E-state index in [0.717, 1.165) is 52.7 Å². The first-order valence-electron chi connectivity index (χ1n) is 9.11. The third kappa shape index (κ3) is 5.04. The summed E-state index contributed by atoms with van der Waals surface area (Å²) < 4.78 is 15.4. The highest BCUT2D eigenvalue weighted by Gasteiger charge is 2.16. The summed E-state index contributed by atoms with van der Waals surface area (Å²) in [6.07, 6.45) is 3.04. The first-order chi connectivity index (χ1) is 11.6. The van der Waals surface area contributed by atoms with Gasteiger partial charge in [0.05, 0.1) is 0 Å². The van der Waals surface area contributed by atoms with Crippen LogP contribution in [0.4, 0.5) is 4.39 Å². The summed E-state index contributed by atoms with van der Waals surface area (Å²) in [5.41, 5.74) is 8.52. The van der Waals surface area contributed by atoms with Gasteiger partial charge in [0.1, 0.15) is 5.83 Å². The Bertz CT molecular complexity index is 742. The summed E-state index contributed by atoms with van der Waals surface area (Å²) in [7, 11) is 0. The standard InChI is InChI=1S/C24H33F/c1-10-11-12-17(5)23(15(2)3)21(9)24(25)20(8)22-14-16(4)13-18(6)19(22)7/h13-14H,2,5,10-12H2,1,3-4,6-9H3/b23-21-,24-20-. The molecule has 0 spiro atoms. The lowest BCUT2D eigenvalue weighted by Gasteiger charge is -2.17. The van der Waals surface area contributed by atoms with Crippen molar-refractivity contribution in [1.82, 2.24) is 0 Å². The number of benzene rings is 1. The highest BCUT2D eigenvalue weighted by atomic mass is 19.1. The van der Waals surface area contributed by atoms with Crippen LogP contribution in [0.15, 0.2) is 53.4 Å². The summed E-state index contributed by atoms with van der Waals surface area (Å²) in [6.45, 7) is 22.2. The van der Waals surface area contributed by atoms with Gasteiger partial charge in [0, 0.05) is 0 Å². The smallest absolute Gasteiger partial charge is 0.130 e. The molecular formula is C24H33F. The summed E-state index contributed by atoms with van der Waals surface area (Å²) in [5.74, 6) is -0.163. The van der Waals surface area contributed by atoms with Crippen LogP contribution in [0.25, 0.3) is 5.57 Å². The van der Waals surface area contributed by atoms with E-state index in [1.807, 2.05) is 20.8 Å². The van der Waals surface area contributed by atoms with Gasteiger partial charge in [-0.15, -0.1) is 0 Å². The minimum absolute atomic E-state index is 0.163. The molecule has 1 heteroatoms. The monoisotopic (exact) mass is 340 g/mol. The van der Waals surface area contributed by atoms with Gasteiger partial charge in [-0.05, 0) is 93.4 Å². The Morgan fingerprint density at radius 3 is 2.16 bits per heavy atom. The van der Waals surface area contributed by atoms with Crippen molar-refractivity contribution in [2.45, 2.75) is 67.7 Å². The van der Waals surface area contributed by atoms with Gasteiger partial charge in [-0.2, -0.15) is 0 Å². The normalized spacial score (nSPS) is 13.3. The number of halogens is 1. The molecule has 0 nitrogen and oxygen atoms in total. The summed E-state index contributed by atoms with van der Waals surface area (Å²) in [6, 6.07) is 4.20. The van der Waals surface area contributed by atoms with E-state index in [4.69, 9.17) is 0 Å². The Balaban J connectivity index is 3.51. The van der Waals surface area contributed by atoms with Crippen molar-refractivity contribution >= 4 is 5.57 Å².